The van der Waals surface area contributed by atoms with E-state index in [1.54, 1.807) is 49.4 Å². The summed E-state index contributed by atoms with van der Waals surface area (Å²) in [7, 11) is 0. The quantitative estimate of drug-likeness (QED) is 0.605. The van der Waals surface area contributed by atoms with Crippen LogP contribution in [0.15, 0.2) is 47.3 Å². The van der Waals surface area contributed by atoms with Crippen LogP contribution in [0.5, 0.6) is 0 Å². The second kappa shape index (κ2) is 9.07. The summed E-state index contributed by atoms with van der Waals surface area (Å²) in [5.74, 6) is -1.00. The van der Waals surface area contributed by atoms with E-state index >= 15 is 0 Å². The van der Waals surface area contributed by atoms with Crippen LogP contribution in [-0.4, -0.2) is 21.6 Å². The molecule has 0 unspecified atom stereocenters. The van der Waals surface area contributed by atoms with E-state index in [1.807, 2.05) is 0 Å². The first-order valence-corrected chi connectivity index (χ1v) is 9.69. The second-order valence-electron chi connectivity index (χ2n) is 6.25. The van der Waals surface area contributed by atoms with Crippen LogP contribution in [0.25, 0.3) is 10.8 Å². The highest BCUT2D eigenvalue weighted by Crippen LogP contribution is 2.22. The third-order valence-electron chi connectivity index (χ3n) is 4.33. The Labute approximate surface area is 176 Å². The van der Waals surface area contributed by atoms with Crippen LogP contribution in [0.3, 0.4) is 0 Å². The highest BCUT2D eigenvalue weighted by atomic mass is 35.5. The van der Waals surface area contributed by atoms with Gasteiger partial charge in [0.2, 0.25) is 5.91 Å². The Morgan fingerprint density at radius 3 is 2.48 bits per heavy atom. The predicted molar refractivity (Wildman–Crippen MR) is 112 cm³/mol. The summed E-state index contributed by atoms with van der Waals surface area (Å²) < 4.78 is 1.21. The minimum atomic E-state index is -0.610. The lowest BCUT2D eigenvalue weighted by atomic mass is 10.1. The van der Waals surface area contributed by atoms with E-state index < -0.39 is 11.8 Å². The van der Waals surface area contributed by atoms with Crippen molar-refractivity contribution in [3.63, 3.8) is 0 Å². The molecule has 0 aliphatic heterocycles. The number of hydrogen-bond acceptors (Lipinski definition) is 4. The van der Waals surface area contributed by atoms with Crippen LogP contribution in [0.1, 0.15) is 29.4 Å². The lowest BCUT2D eigenvalue weighted by molar-refractivity contribution is -0.121. The Bertz CT molecular complexity index is 1140. The lowest BCUT2D eigenvalue weighted by Crippen LogP contribution is -2.42. The topological polar surface area (TPSA) is 93.1 Å². The molecule has 0 radical (unpaired) electrons. The molecule has 1 heterocycles. The van der Waals surface area contributed by atoms with Crippen molar-refractivity contribution < 1.29 is 9.59 Å². The maximum Gasteiger partial charge on any atom is 0.290 e. The number of aromatic nitrogens is 2. The largest absolute Gasteiger partial charge is 0.290 e. The molecule has 3 aromatic rings. The summed E-state index contributed by atoms with van der Waals surface area (Å²) in [6, 6.07) is 11.8. The number of carbonyl (C=O) groups excluding carboxylic acids is 2. The Morgan fingerprint density at radius 2 is 1.79 bits per heavy atom. The molecule has 0 aliphatic carbocycles. The highest BCUT2D eigenvalue weighted by molar-refractivity contribution is 6.35. The van der Waals surface area contributed by atoms with Gasteiger partial charge < -0.3 is 0 Å². The van der Waals surface area contributed by atoms with Crippen molar-refractivity contribution in [2.45, 2.75) is 26.3 Å². The fourth-order valence-electron chi connectivity index (χ4n) is 2.84. The van der Waals surface area contributed by atoms with Gasteiger partial charge in [0.15, 0.2) is 5.69 Å². The van der Waals surface area contributed by atoms with Crippen LogP contribution >= 0.6 is 23.2 Å². The first kappa shape index (κ1) is 20.8. The molecule has 0 saturated carbocycles. The number of fused-ring (bicyclic) bond motifs is 1. The molecule has 0 bridgehead atoms. The van der Waals surface area contributed by atoms with Gasteiger partial charge in [0.05, 0.1) is 5.39 Å². The average molecular weight is 433 g/mol. The summed E-state index contributed by atoms with van der Waals surface area (Å²) in [4.78, 5) is 37.0. The molecule has 0 spiro atoms. The molecule has 0 atom stereocenters. The minimum Gasteiger partial charge on any atom is -0.273 e. The SMILES string of the molecule is CCn1nc(C(=O)NNC(=O)CCc2ccc(Cl)cc2Cl)c2ccccc2c1=O. The van der Waals surface area contributed by atoms with E-state index in [0.29, 0.717) is 33.8 Å². The Kier molecular flexibility index (Phi) is 6.51. The van der Waals surface area contributed by atoms with E-state index in [-0.39, 0.29) is 17.7 Å². The van der Waals surface area contributed by atoms with Gasteiger partial charge in [-0.2, -0.15) is 5.10 Å². The maximum atomic E-state index is 12.6. The Balaban J connectivity index is 1.68. The van der Waals surface area contributed by atoms with E-state index in [9.17, 15) is 14.4 Å². The number of nitrogens with one attached hydrogen (secondary N) is 2. The summed E-state index contributed by atoms with van der Waals surface area (Å²) >= 11 is 12.0. The molecule has 2 aromatic carbocycles. The Morgan fingerprint density at radius 1 is 1.07 bits per heavy atom. The predicted octanol–water partition coefficient (Wildman–Crippen LogP) is 3.12. The Hall–Kier alpha value is -2.90. The van der Waals surface area contributed by atoms with Gasteiger partial charge in [0.1, 0.15) is 0 Å². The molecule has 0 fully saturated rings. The number of aryl methyl sites for hydroxylation is 2. The number of amides is 2. The van der Waals surface area contributed by atoms with Gasteiger partial charge >= 0.3 is 0 Å². The van der Waals surface area contributed by atoms with Gasteiger partial charge in [-0.05, 0) is 37.1 Å². The zero-order valence-electron chi connectivity index (χ0n) is 15.5. The first-order valence-electron chi connectivity index (χ1n) is 8.93. The van der Waals surface area contributed by atoms with E-state index in [4.69, 9.17) is 23.2 Å². The number of nitrogens with zero attached hydrogens (tertiary/aromatic N) is 2. The normalized spacial score (nSPS) is 10.7. The summed E-state index contributed by atoms with van der Waals surface area (Å²) in [5, 5.41) is 5.92. The van der Waals surface area contributed by atoms with E-state index in [0.717, 1.165) is 5.56 Å². The van der Waals surface area contributed by atoms with Crippen LogP contribution < -0.4 is 16.4 Å². The zero-order chi connectivity index (χ0) is 21.0. The van der Waals surface area contributed by atoms with Gasteiger partial charge in [0.25, 0.3) is 11.5 Å². The monoisotopic (exact) mass is 432 g/mol. The van der Waals surface area contributed by atoms with Crippen LogP contribution in [0.4, 0.5) is 0 Å². The van der Waals surface area contributed by atoms with Crippen LogP contribution in [-0.2, 0) is 17.8 Å². The molecular formula is C20H18Cl2N4O3. The molecule has 2 N–H and O–H groups in total. The van der Waals surface area contributed by atoms with Gasteiger partial charge in [-0.3, -0.25) is 25.2 Å². The number of benzene rings is 2. The minimum absolute atomic E-state index is 0.0584. The number of rotatable bonds is 5. The first-order chi connectivity index (χ1) is 13.9. The molecular weight excluding hydrogens is 415 g/mol. The van der Waals surface area contributed by atoms with Gasteiger partial charge in [-0.1, -0.05) is 47.5 Å². The van der Waals surface area contributed by atoms with Gasteiger partial charge in [-0.25, -0.2) is 4.68 Å². The number of hydrogen-bond donors (Lipinski definition) is 2. The van der Waals surface area contributed by atoms with Crippen molar-refractivity contribution in [1.82, 2.24) is 20.6 Å². The third kappa shape index (κ3) is 4.75. The summed E-state index contributed by atoms with van der Waals surface area (Å²) in [5.41, 5.74) is 5.28. The number of carbonyl (C=O) groups is 2. The molecule has 7 nitrogen and oxygen atoms in total. The third-order valence-corrected chi connectivity index (χ3v) is 4.92. The smallest absolute Gasteiger partial charge is 0.273 e. The molecule has 0 saturated heterocycles. The fourth-order valence-corrected chi connectivity index (χ4v) is 3.34. The molecule has 3 rings (SSSR count). The number of hydrazine groups is 1. The van der Waals surface area contributed by atoms with Gasteiger partial charge in [-0.15, -0.1) is 0 Å². The van der Waals surface area contributed by atoms with Crippen molar-refractivity contribution in [3.8, 4) is 0 Å². The van der Waals surface area contributed by atoms with Crippen molar-refractivity contribution in [2.75, 3.05) is 0 Å². The molecule has 29 heavy (non-hydrogen) atoms. The van der Waals surface area contributed by atoms with Crippen molar-refractivity contribution in [1.29, 1.82) is 0 Å². The van der Waals surface area contributed by atoms with Crippen molar-refractivity contribution >= 4 is 45.8 Å². The standard InChI is InChI=1S/C20H18Cl2N4O3/c1-2-26-20(29)15-6-4-3-5-14(15)18(25-26)19(28)24-23-17(27)10-8-12-7-9-13(21)11-16(12)22/h3-7,9,11H,2,8,10H2,1H3,(H,23,27)(H,24,28). The zero-order valence-corrected chi connectivity index (χ0v) is 17.0. The fraction of sp³-hybridized carbons (Fsp3) is 0.200. The van der Waals surface area contributed by atoms with E-state index in [1.165, 1.54) is 4.68 Å². The van der Waals surface area contributed by atoms with Crippen molar-refractivity contribution in [2.24, 2.45) is 0 Å². The van der Waals surface area contributed by atoms with Crippen LogP contribution in [0, 0.1) is 0 Å². The summed E-state index contributed by atoms with van der Waals surface area (Å²) in [6.45, 7) is 2.08. The molecule has 2 amide bonds. The molecule has 1 aromatic heterocycles. The molecule has 0 aliphatic rings. The van der Waals surface area contributed by atoms with Crippen molar-refractivity contribution in [3.05, 3.63) is 74.1 Å². The molecule has 150 valence electrons. The average Bonchev–Trinajstić information content (AvgIpc) is 2.72. The van der Waals surface area contributed by atoms with Gasteiger partial charge in [0, 0.05) is 28.4 Å². The maximum absolute atomic E-state index is 12.6. The highest BCUT2D eigenvalue weighted by Gasteiger charge is 2.17. The molecule has 9 heteroatoms. The lowest BCUT2D eigenvalue weighted by Gasteiger charge is -2.11. The summed E-state index contributed by atoms with van der Waals surface area (Å²) in [6.07, 6.45) is 0.504. The number of halogens is 2. The van der Waals surface area contributed by atoms with E-state index in [2.05, 4.69) is 16.0 Å². The second-order valence-corrected chi connectivity index (χ2v) is 7.10. The van der Waals surface area contributed by atoms with Crippen LogP contribution in [0.2, 0.25) is 10.0 Å².